The second-order valence-corrected chi connectivity index (χ2v) is 2.73. The van der Waals surface area contributed by atoms with Gasteiger partial charge in [-0.1, -0.05) is 0 Å². The molecule has 2 heterocycles. The molecule has 2 aliphatic rings. The highest BCUT2D eigenvalue weighted by Crippen LogP contribution is 2.15. The second-order valence-electron chi connectivity index (χ2n) is 2.73. The van der Waals surface area contributed by atoms with Crippen molar-refractivity contribution in [2.75, 3.05) is 6.54 Å². The first kappa shape index (κ1) is 5.23. The first-order valence-corrected chi connectivity index (χ1v) is 3.39. The van der Waals surface area contributed by atoms with E-state index in [0.29, 0.717) is 18.5 Å². The van der Waals surface area contributed by atoms with Crippen molar-refractivity contribution in [1.29, 1.82) is 0 Å². The third kappa shape index (κ3) is 0.721. The van der Waals surface area contributed by atoms with Crippen LogP contribution in [-0.2, 0) is 4.79 Å². The molecule has 0 radical (unpaired) electrons. The summed E-state index contributed by atoms with van der Waals surface area (Å²) in [5.41, 5.74) is 0. The molecule has 0 aliphatic carbocycles. The molecule has 0 aromatic heterocycles. The van der Waals surface area contributed by atoms with Crippen LogP contribution in [0, 0.1) is 0 Å². The van der Waals surface area contributed by atoms with Crippen LogP contribution < -0.4 is 10.6 Å². The maximum absolute atomic E-state index is 10.7. The number of fused-ring (bicyclic) bond motifs is 1. The van der Waals surface area contributed by atoms with E-state index in [9.17, 15) is 4.79 Å². The van der Waals surface area contributed by atoms with Crippen LogP contribution in [-0.4, -0.2) is 24.5 Å². The number of carbonyl (C=O) groups excluding carboxylic acids is 1. The summed E-state index contributed by atoms with van der Waals surface area (Å²) in [6.07, 6.45) is 1.79. The predicted molar refractivity (Wildman–Crippen MR) is 33.0 cm³/mol. The Morgan fingerprint density at radius 2 is 2.33 bits per heavy atom. The lowest BCUT2D eigenvalue weighted by atomic mass is 10.1. The van der Waals surface area contributed by atoms with Gasteiger partial charge in [-0.2, -0.15) is 0 Å². The fourth-order valence-electron chi connectivity index (χ4n) is 1.62. The molecule has 0 aromatic rings. The molecule has 9 heavy (non-hydrogen) atoms. The number of hydrogen-bond acceptors (Lipinski definition) is 2. The number of carbonyl (C=O) groups is 1. The summed E-state index contributed by atoms with van der Waals surface area (Å²) in [4.78, 5) is 10.7. The molecule has 50 valence electrons. The topological polar surface area (TPSA) is 41.1 Å². The summed E-state index contributed by atoms with van der Waals surface area (Å²) in [7, 11) is 0. The predicted octanol–water partition coefficient (Wildman–Crippen LogP) is -0.763. The highest BCUT2D eigenvalue weighted by Gasteiger charge is 2.35. The van der Waals surface area contributed by atoms with E-state index < -0.39 is 0 Å². The van der Waals surface area contributed by atoms with Gasteiger partial charge in [0.1, 0.15) is 0 Å². The van der Waals surface area contributed by atoms with Crippen LogP contribution in [0.4, 0.5) is 0 Å². The van der Waals surface area contributed by atoms with E-state index in [1.807, 2.05) is 0 Å². The van der Waals surface area contributed by atoms with Gasteiger partial charge >= 0.3 is 0 Å². The zero-order valence-electron chi connectivity index (χ0n) is 5.18. The zero-order chi connectivity index (χ0) is 6.27. The van der Waals surface area contributed by atoms with Crippen molar-refractivity contribution in [2.24, 2.45) is 0 Å². The van der Waals surface area contributed by atoms with E-state index in [1.165, 1.54) is 0 Å². The third-order valence-corrected chi connectivity index (χ3v) is 2.10. The minimum atomic E-state index is 0.206. The summed E-state index contributed by atoms with van der Waals surface area (Å²) in [5.74, 6) is 0.206. The van der Waals surface area contributed by atoms with Crippen LogP contribution in [0.2, 0.25) is 0 Å². The van der Waals surface area contributed by atoms with Crippen LogP contribution in [0.25, 0.3) is 0 Å². The number of rotatable bonds is 0. The molecule has 2 saturated heterocycles. The lowest BCUT2D eigenvalue weighted by molar-refractivity contribution is -0.119. The summed E-state index contributed by atoms with van der Waals surface area (Å²) in [6, 6.07) is 0.884. The summed E-state index contributed by atoms with van der Waals surface area (Å²) in [5, 5.41) is 6.18. The van der Waals surface area contributed by atoms with Gasteiger partial charge in [0.2, 0.25) is 5.91 Å². The molecule has 0 unspecified atom stereocenters. The molecule has 2 N–H and O–H groups in total. The quantitative estimate of drug-likeness (QED) is 0.448. The van der Waals surface area contributed by atoms with Gasteiger partial charge in [0.15, 0.2) is 0 Å². The Morgan fingerprint density at radius 3 is 3.11 bits per heavy atom. The Bertz CT molecular complexity index is 132. The van der Waals surface area contributed by atoms with Gasteiger partial charge in [-0.25, -0.2) is 0 Å². The summed E-state index contributed by atoms with van der Waals surface area (Å²) >= 11 is 0. The standard InChI is InChI=1S/C6H10N2O/c9-6-3-5-4(8-6)1-2-7-5/h4-5,7H,1-3H2,(H,8,9)/t4-,5-/m0/s1. The van der Waals surface area contributed by atoms with Crippen molar-refractivity contribution in [3.8, 4) is 0 Å². The average molecular weight is 126 g/mol. The second kappa shape index (κ2) is 1.70. The fourth-order valence-corrected chi connectivity index (χ4v) is 1.62. The van der Waals surface area contributed by atoms with Crippen LogP contribution in [0.1, 0.15) is 12.8 Å². The first-order chi connectivity index (χ1) is 4.36. The molecule has 2 atom stereocenters. The minimum Gasteiger partial charge on any atom is -0.352 e. The van der Waals surface area contributed by atoms with Crippen molar-refractivity contribution in [2.45, 2.75) is 24.9 Å². The van der Waals surface area contributed by atoms with E-state index in [2.05, 4.69) is 10.6 Å². The molecular formula is C6H10N2O. The van der Waals surface area contributed by atoms with Crippen LogP contribution in [0.3, 0.4) is 0 Å². The normalized spacial score (nSPS) is 40.7. The monoisotopic (exact) mass is 126 g/mol. The van der Waals surface area contributed by atoms with Gasteiger partial charge in [0, 0.05) is 18.5 Å². The van der Waals surface area contributed by atoms with E-state index >= 15 is 0 Å². The molecule has 3 nitrogen and oxygen atoms in total. The molecular weight excluding hydrogens is 116 g/mol. The molecule has 1 amide bonds. The largest absolute Gasteiger partial charge is 0.352 e. The average Bonchev–Trinajstić information content (AvgIpc) is 2.22. The number of hydrogen-bond donors (Lipinski definition) is 2. The van der Waals surface area contributed by atoms with Crippen LogP contribution in [0.15, 0.2) is 0 Å². The Kier molecular flexibility index (Phi) is 0.990. The summed E-state index contributed by atoms with van der Waals surface area (Å²) < 4.78 is 0. The zero-order valence-corrected chi connectivity index (χ0v) is 5.18. The van der Waals surface area contributed by atoms with Gasteiger partial charge in [-0.15, -0.1) is 0 Å². The Morgan fingerprint density at radius 1 is 1.44 bits per heavy atom. The van der Waals surface area contributed by atoms with Gasteiger partial charge in [-0.3, -0.25) is 4.79 Å². The van der Waals surface area contributed by atoms with Crippen molar-refractivity contribution in [3.63, 3.8) is 0 Å². The maximum Gasteiger partial charge on any atom is 0.221 e. The SMILES string of the molecule is O=C1C[C@@H]2NCC[C@@H]2N1. The van der Waals surface area contributed by atoms with Crippen molar-refractivity contribution in [3.05, 3.63) is 0 Å². The molecule has 0 spiro atoms. The molecule has 2 fully saturated rings. The van der Waals surface area contributed by atoms with Gasteiger partial charge in [0.25, 0.3) is 0 Å². The molecule has 3 heteroatoms. The van der Waals surface area contributed by atoms with Crippen molar-refractivity contribution in [1.82, 2.24) is 10.6 Å². The minimum absolute atomic E-state index is 0.206. The smallest absolute Gasteiger partial charge is 0.221 e. The van der Waals surface area contributed by atoms with E-state index in [1.54, 1.807) is 0 Å². The first-order valence-electron chi connectivity index (χ1n) is 3.39. The van der Waals surface area contributed by atoms with Gasteiger partial charge < -0.3 is 10.6 Å². The molecule has 0 saturated carbocycles. The highest BCUT2D eigenvalue weighted by atomic mass is 16.2. The molecule has 2 rings (SSSR count). The van der Waals surface area contributed by atoms with E-state index in [-0.39, 0.29) is 5.91 Å². The lowest BCUT2D eigenvalue weighted by Crippen LogP contribution is -2.30. The number of nitrogens with one attached hydrogen (secondary N) is 2. The third-order valence-electron chi connectivity index (χ3n) is 2.10. The molecule has 0 bridgehead atoms. The maximum atomic E-state index is 10.7. The van der Waals surface area contributed by atoms with Crippen LogP contribution >= 0.6 is 0 Å². The van der Waals surface area contributed by atoms with E-state index in [0.717, 1.165) is 13.0 Å². The van der Waals surface area contributed by atoms with Gasteiger partial charge in [0.05, 0.1) is 0 Å². The van der Waals surface area contributed by atoms with Gasteiger partial charge in [-0.05, 0) is 13.0 Å². The van der Waals surface area contributed by atoms with E-state index in [4.69, 9.17) is 0 Å². The number of amides is 1. The van der Waals surface area contributed by atoms with Crippen molar-refractivity contribution < 1.29 is 4.79 Å². The Balaban J connectivity index is 2.09. The lowest BCUT2D eigenvalue weighted by Gasteiger charge is -2.04. The highest BCUT2D eigenvalue weighted by molar-refractivity contribution is 5.79. The van der Waals surface area contributed by atoms with Crippen LogP contribution in [0.5, 0.6) is 0 Å². The summed E-state index contributed by atoms with van der Waals surface area (Å²) in [6.45, 7) is 1.07. The molecule has 2 aliphatic heterocycles. The Hall–Kier alpha value is -0.570. The Labute approximate surface area is 53.8 Å². The fraction of sp³-hybridized carbons (Fsp3) is 0.833. The molecule has 0 aromatic carbocycles. The van der Waals surface area contributed by atoms with Crippen molar-refractivity contribution >= 4 is 5.91 Å².